The largest absolute Gasteiger partial charge is 0.467 e. The highest BCUT2D eigenvalue weighted by Crippen LogP contribution is 2.13. The third-order valence-electron chi connectivity index (χ3n) is 2.67. The van der Waals surface area contributed by atoms with E-state index in [1.165, 1.54) is 6.26 Å². The van der Waals surface area contributed by atoms with Crippen molar-refractivity contribution in [3.05, 3.63) is 23.7 Å². The first-order valence-corrected chi connectivity index (χ1v) is 6.12. The first kappa shape index (κ1) is 15.2. The van der Waals surface area contributed by atoms with Crippen molar-refractivity contribution < 1.29 is 14.0 Å². The van der Waals surface area contributed by atoms with Gasteiger partial charge in [0.15, 0.2) is 0 Å². The van der Waals surface area contributed by atoms with Gasteiger partial charge in [-0.15, -0.1) is 0 Å². The van der Waals surface area contributed by atoms with Crippen molar-refractivity contribution in [3.8, 4) is 0 Å². The van der Waals surface area contributed by atoms with E-state index < -0.39 is 5.91 Å². The maximum absolute atomic E-state index is 11.5. The molecule has 106 valence electrons. The molecule has 0 unspecified atom stereocenters. The molecule has 2 amide bonds. The van der Waals surface area contributed by atoms with Crippen LogP contribution in [0.15, 0.2) is 16.7 Å². The Morgan fingerprint density at radius 2 is 2.21 bits per heavy atom. The molecule has 0 aliphatic rings. The summed E-state index contributed by atoms with van der Waals surface area (Å²) in [5.74, 6) is 5.12. The molecule has 0 spiro atoms. The fourth-order valence-electron chi connectivity index (χ4n) is 1.76. The van der Waals surface area contributed by atoms with Crippen LogP contribution in [-0.4, -0.2) is 36.9 Å². The van der Waals surface area contributed by atoms with Gasteiger partial charge in [0.1, 0.15) is 5.76 Å². The van der Waals surface area contributed by atoms with Gasteiger partial charge in [0, 0.05) is 7.05 Å². The van der Waals surface area contributed by atoms with Gasteiger partial charge in [-0.3, -0.25) is 19.9 Å². The van der Waals surface area contributed by atoms with E-state index in [1.807, 2.05) is 11.8 Å². The molecule has 0 saturated heterocycles. The van der Waals surface area contributed by atoms with E-state index >= 15 is 0 Å². The number of nitrogens with one attached hydrogen (secondary N) is 2. The molecule has 0 bridgehead atoms. The fourth-order valence-corrected chi connectivity index (χ4v) is 1.76. The quantitative estimate of drug-likeness (QED) is 0.362. The molecule has 0 fully saturated rings. The number of nitrogens with zero attached hydrogens (tertiary/aromatic N) is 1. The van der Waals surface area contributed by atoms with E-state index in [0.717, 1.165) is 13.0 Å². The molecule has 1 heterocycles. The number of rotatable bonds is 7. The minimum Gasteiger partial charge on any atom is -0.467 e. The molecule has 19 heavy (non-hydrogen) atoms. The highest BCUT2D eigenvalue weighted by Gasteiger charge is 2.17. The number of hydrogen-bond donors (Lipinski definition) is 3. The average molecular weight is 268 g/mol. The highest BCUT2D eigenvalue weighted by atomic mass is 16.3. The van der Waals surface area contributed by atoms with E-state index in [9.17, 15) is 9.59 Å². The Morgan fingerprint density at radius 1 is 1.47 bits per heavy atom. The summed E-state index contributed by atoms with van der Waals surface area (Å²) in [6.45, 7) is 3.40. The number of hydrogen-bond acceptors (Lipinski definition) is 5. The number of furan rings is 1. The summed E-state index contributed by atoms with van der Waals surface area (Å²) in [5.41, 5.74) is 2.46. The van der Waals surface area contributed by atoms with Crippen molar-refractivity contribution in [2.45, 2.75) is 19.9 Å². The monoisotopic (exact) mass is 268 g/mol. The minimum atomic E-state index is -0.403. The second kappa shape index (κ2) is 7.55. The molecule has 1 aromatic heterocycles. The number of carbonyl (C=O) groups is 2. The van der Waals surface area contributed by atoms with Crippen molar-refractivity contribution in [1.29, 1.82) is 0 Å². The second-order valence-electron chi connectivity index (χ2n) is 4.11. The Labute approximate surface area is 112 Å². The lowest BCUT2D eigenvalue weighted by molar-refractivity contribution is -0.121. The number of amides is 2. The Kier molecular flexibility index (Phi) is 6.04. The van der Waals surface area contributed by atoms with E-state index in [-0.39, 0.29) is 12.5 Å². The molecule has 0 aromatic carbocycles. The zero-order valence-electron chi connectivity index (χ0n) is 11.2. The van der Waals surface area contributed by atoms with Crippen molar-refractivity contribution >= 4 is 11.8 Å². The molecule has 0 atom stereocenters. The van der Waals surface area contributed by atoms with Crippen LogP contribution in [0.5, 0.6) is 0 Å². The van der Waals surface area contributed by atoms with Crippen molar-refractivity contribution in [2.24, 2.45) is 5.84 Å². The van der Waals surface area contributed by atoms with Crippen LogP contribution in [0.3, 0.4) is 0 Å². The van der Waals surface area contributed by atoms with Crippen molar-refractivity contribution in [2.75, 3.05) is 20.1 Å². The number of likely N-dealkylation sites (N-methyl/N-ethyl adjacent to an activating group) is 1. The van der Waals surface area contributed by atoms with Gasteiger partial charge in [-0.2, -0.15) is 0 Å². The third-order valence-corrected chi connectivity index (χ3v) is 2.67. The molecule has 4 N–H and O–H groups in total. The molecule has 0 aliphatic heterocycles. The lowest BCUT2D eigenvalue weighted by Gasteiger charge is -2.19. The van der Waals surface area contributed by atoms with E-state index in [1.54, 1.807) is 13.1 Å². The number of carbonyl (C=O) groups excluding carboxylic acids is 2. The summed E-state index contributed by atoms with van der Waals surface area (Å²) in [7, 11) is 1.59. The second-order valence-corrected chi connectivity index (χ2v) is 4.11. The number of hydrazine groups is 1. The highest BCUT2D eigenvalue weighted by molar-refractivity contribution is 5.94. The Bertz CT molecular complexity index is 430. The molecule has 7 nitrogen and oxygen atoms in total. The van der Waals surface area contributed by atoms with Crippen LogP contribution < -0.4 is 16.6 Å². The summed E-state index contributed by atoms with van der Waals surface area (Å²) in [5, 5.41) is 2.57. The summed E-state index contributed by atoms with van der Waals surface area (Å²) in [4.78, 5) is 24.8. The summed E-state index contributed by atoms with van der Waals surface area (Å²) >= 11 is 0. The Balaban J connectivity index is 2.76. The maximum Gasteiger partial charge on any atom is 0.268 e. The topological polar surface area (TPSA) is 101 Å². The van der Waals surface area contributed by atoms with Crippen LogP contribution in [0.1, 0.15) is 29.5 Å². The number of nitrogens with two attached hydrogens (primary N) is 1. The standard InChI is InChI=1S/C12H20N4O3/c1-3-5-16(8-11(17)14-2)7-10-9(4-6-19-10)12(18)15-13/h4,6H,3,5,7-8,13H2,1-2H3,(H,14,17)(H,15,18). The average Bonchev–Trinajstić information content (AvgIpc) is 2.86. The van der Waals surface area contributed by atoms with Gasteiger partial charge in [-0.05, 0) is 19.0 Å². The smallest absolute Gasteiger partial charge is 0.268 e. The normalized spacial score (nSPS) is 10.5. The Hall–Kier alpha value is -1.86. The van der Waals surface area contributed by atoms with Crippen LogP contribution >= 0.6 is 0 Å². The van der Waals surface area contributed by atoms with Crippen LogP contribution in [0.2, 0.25) is 0 Å². The van der Waals surface area contributed by atoms with E-state index in [0.29, 0.717) is 17.9 Å². The van der Waals surface area contributed by atoms with E-state index in [4.69, 9.17) is 10.3 Å². The lowest BCUT2D eigenvalue weighted by atomic mass is 10.2. The summed E-state index contributed by atoms with van der Waals surface area (Å²) < 4.78 is 5.29. The van der Waals surface area contributed by atoms with Crippen molar-refractivity contribution in [1.82, 2.24) is 15.6 Å². The van der Waals surface area contributed by atoms with Gasteiger partial charge in [0.25, 0.3) is 5.91 Å². The fraction of sp³-hybridized carbons (Fsp3) is 0.500. The van der Waals surface area contributed by atoms with E-state index in [2.05, 4.69) is 10.7 Å². The molecule has 1 aromatic rings. The van der Waals surface area contributed by atoms with Gasteiger partial charge in [-0.1, -0.05) is 6.92 Å². The van der Waals surface area contributed by atoms with Crippen LogP contribution in [0, 0.1) is 0 Å². The predicted octanol–water partition coefficient (Wildman–Crippen LogP) is -0.159. The first-order valence-electron chi connectivity index (χ1n) is 6.12. The van der Waals surface area contributed by atoms with Gasteiger partial charge >= 0.3 is 0 Å². The maximum atomic E-state index is 11.5. The van der Waals surface area contributed by atoms with Crippen LogP contribution in [-0.2, 0) is 11.3 Å². The molecular formula is C12H20N4O3. The van der Waals surface area contributed by atoms with Gasteiger partial charge in [0.2, 0.25) is 5.91 Å². The molecule has 0 aliphatic carbocycles. The third kappa shape index (κ3) is 4.38. The minimum absolute atomic E-state index is 0.0789. The van der Waals surface area contributed by atoms with Gasteiger partial charge in [0.05, 0.1) is 24.9 Å². The van der Waals surface area contributed by atoms with Gasteiger partial charge in [-0.25, -0.2) is 5.84 Å². The molecule has 0 saturated carbocycles. The van der Waals surface area contributed by atoms with Crippen LogP contribution in [0.4, 0.5) is 0 Å². The van der Waals surface area contributed by atoms with Crippen LogP contribution in [0.25, 0.3) is 0 Å². The zero-order valence-corrected chi connectivity index (χ0v) is 11.2. The molecule has 0 radical (unpaired) electrons. The van der Waals surface area contributed by atoms with Crippen molar-refractivity contribution in [3.63, 3.8) is 0 Å². The Morgan fingerprint density at radius 3 is 2.79 bits per heavy atom. The first-order chi connectivity index (χ1) is 9.12. The lowest BCUT2D eigenvalue weighted by Crippen LogP contribution is -2.36. The molecule has 7 heteroatoms. The van der Waals surface area contributed by atoms with Gasteiger partial charge < -0.3 is 9.73 Å². The zero-order chi connectivity index (χ0) is 14.3. The summed E-state index contributed by atoms with van der Waals surface area (Å²) in [6, 6.07) is 1.56. The molecule has 1 rings (SSSR count). The SMILES string of the molecule is CCCN(CC(=O)NC)Cc1occc1C(=O)NN. The summed E-state index contributed by atoms with van der Waals surface area (Å²) in [6.07, 6.45) is 2.33. The number of nitrogen functional groups attached to an aromatic ring is 1. The predicted molar refractivity (Wildman–Crippen MR) is 70.0 cm³/mol. The molecular weight excluding hydrogens is 248 g/mol.